The Bertz CT molecular complexity index is 998. The topological polar surface area (TPSA) is 90.0 Å². The first-order valence-corrected chi connectivity index (χ1v) is 11.7. The average molecular weight is 476 g/mol. The number of sulfonamides is 1. The Hall–Kier alpha value is -1.94. The van der Waals surface area contributed by atoms with Gasteiger partial charge in [-0.2, -0.15) is 0 Å². The van der Waals surface area contributed by atoms with Crippen LogP contribution in [0.3, 0.4) is 0 Å². The van der Waals surface area contributed by atoms with Crippen molar-refractivity contribution in [1.82, 2.24) is 4.98 Å². The largest absolute Gasteiger partial charge is 0.492 e. The molecular formula is C19H23Cl2N3O5S. The first kappa shape index (κ1) is 22.7. The van der Waals surface area contributed by atoms with Gasteiger partial charge < -0.3 is 19.1 Å². The summed E-state index contributed by atoms with van der Waals surface area (Å²) < 4.78 is 45.4. The van der Waals surface area contributed by atoms with Crippen LogP contribution in [0.1, 0.15) is 13.8 Å². The second-order valence-corrected chi connectivity index (χ2v) is 8.71. The van der Waals surface area contributed by atoms with Crippen LogP contribution in [0.15, 0.2) is 29.2 Å². The highest BCUT2D eigenvalue weighted by Gasteiger charge is 2.24. The van der Waals surface area contributed by atoms with E-state index in [-0.39, 0.29) is 20.9 Å². The van der Waals surface area contributed by atoms with E-state index in [1.165, 1.54) is 12.1 Å². The van der Waals surface area contributed by atoms with Crippen molar-refractivity contribution in [3.8, 4) is 11.5 Å². The molecule has 2 aromatic rings. The Labute approximate surface area is 186 Å². The number of benzene rings is 1. The standard InChI is InChI=1S/C19H23Cl2N3O5S/c1-3-28-15-12-14(24-7-9-27-10-8-24)16(29-4-2)11-13(15)23-30(25,26)17-5-6-18(20)22-19(17)21/h5-6,11-12,23H,3-4,7-10H2,1-2H3. The SMILES string of the molecule is CCOc1cc(N2CCOCC2)c(OCC)cc1NS(=O)(=O)c1ccc(Cl)nc1Cl. The van der Waals surface area contributed by atoms with Gasteiger partial charge in [0, 0.05) is 25.2 Å². The summed E-state index contributed by atoms with van der Waals surface area (Å²) in [5, 5.41) is -0.120. The quantitative estimate of drug-likeness (QED) is 0.580. The van der Waals surface area contributed by atoms with Crippen molar-refractivity contribution >= 4 is 44.6 Å². The zero-order valence-corrected chi connectivity index (χ0v) is 19.0. The van der Waals surface area contributed by atoms with Crippen molar-refractivity contribution in [2.45, 2.75) is 18.7 Å². The molecule has 0 saturated carbocycles. The number of nitrogens with one attached hydrogen (secondary N) is 1. The number of nitrogens with zero attached hydrogens (tertiary/aromatic N) is 2. The van der Waals surface area contributed by atoms with Gasteiger partial charge in [-0.3, -0.25) is 4.72 Å². The second-order valence-electron chi connectivity index (χ2n) is 6.31. The van der Waals surface area contributed by atoms with Crippen LogP contribution in [0.25, 0.3) is 0 Å². The van der Waals surface area contributed by atoms with Crippen LogP contribution in [0.5, 0.6) is 11.5 Å². The number of hydrogen-bond donors (Lipinski definition) is 1. The molecule has 1 aliphatic heterocycles. The molecule has 1 saturated heterocycles. The van der Waals surface area contributed by atoms with Gasteiger partial charge in [-0.05, 0) is 26.0 Å². The van der Waals surface area contributed by atoms with E-state index in [4.69, 9.17) is 37.4 Å². The first-order chi connectivity index (χ1) is 14.4. The zero-order valence-electron chi connectivity index (χ0n) is 16.7. The van der Waals surface area contributed by atoms with E-state index in [9.17, 15) is 8.42 Å². The van der Waals surface area contributed by atoms with Crippen LogP contribution < -0.4 is 19.1 Å². The number of morpholine rings is 1. The highest BCUT2D eigenvalue weighted by Crippen LogP contribution is 2.40. The smallest absolute Gasteiger partial charge is 0.265 e. The molecule has 0 radical (unpaired) electrons. The van der Waals surface area contributed by atoms with E-state index in [2.05, 4.69) is 14.6 Å². The highest BCUT2D eigenvalue weighted by molar-refractivity contribution is 7.92. The zero-order chi connectivity index (χ0) is 21.7. The van der Waals surface area contributed by atoms with Crippen LogP contribution in [-0.2, 0) is 14.8 Å². The third-order valence-corrected chi connectivity index (χ3v) is 6.33. The summed E-state index contributed by atoms with van der Waals surface area (Å²) in [6, 6.07) is 6.05. The second kappa shape index (κ2) is 9.91. The Morgan fingerprint density at radius 1 is 1.10 bits per heavy atom. The van der Waals surface area contributed by atoms with Crippen molar-refractivity contribution < 1.29 is 22.6 Å². The molecule has 0 spiro atoms. The molecule has 0 aliphatic carbocycles. The summed E-state index contributed by atoms with van der Waals surface area (Å²) >= 11 is 11.8. The lowest BCUT2D eigenvalue weighted by Gasteiger charge is -2.31. The monoisotopic (exact) mass is 475 g/mol. The van der Waals surface area contributed by atoms with Crippen LogP contribution in [-0.4, -0.2) is 52.9 Å². The molecule has 11 heteroatoms. The molecule has 30 heavy (non-hydrogen) atoms. The molecule has 1 N–H and O–H groups in total. The molecule has 3 rings (SSSR count). The van der Waals surface area contributed by atoms with Crippen LogP contribution in [0, 0.1) is 0 Å². The van der Waals surface area contributed by atoms with Gasteiger partial charge in [0.2, 0.25) is 0 Å². The summed E-state index contributed by atoms with van der Waals surface area (Å²) in [5.41, 5.74) is 1.06. The minimum absolute atomic E-state index is 0.0995. The van der Waals surface area contributed by atoms with Crippen LogP contribution in [0.4, 0.5) is 11.4 Å². The third-order valence-electron chi connectivity index (χ3n) is 4.33. The summed E-state index contributed by atoms with van der Waals surface area (Å²) in [7, 11) is -4.04. The summed E-state index contributed by atoms with van der Waals surface area (Å²) in [5.74, 6) is 0.921. The molecular weight excluding hydrogens is 453 g/mol. The molecule has 0 atom stereocenters. The van der Waals surface area contributed by atoms with Gasteiger partial charge in [0.1, 0.15) is 21.5 Å². The van der Waals surface area contributed by atoms with Crippen molar-refractivity contribution in [3.05, 3.63) is 34.6 Å². The number of hydrogen-bond acceptors (Lipinski definition) is 7. The van der Waals surface area contributed by atoms with E-state index >= 15 is 0 Å². The van der Waals surface area contributed by atoms with Gasteiger partial charge in [0.15, 0.2) is 5.15 Å². The van der Waals surface area contributed by atoms with E-state index in [0.29, 0.717) is 51.0 Å². The third kappa shape index (κ3) is 5.21. The van der Waals surface area contributed by atoms with Gasteiger partial charge in [-0.25, -0.2) is 13.4 Å². The molecule has 0 unspecified atom stereocenters. The van der Waals surface area contributed by atoms with E-state index in [1.54, 1.807) is 12.1 Å². The Morgan fingerprint density at radius 2 is 1.77 bits per heavy atom. The normalized spacial score (nSPS) is 14.5. The van der Waals surface area contributed by atoms with Gasteiger partial charge in [-0.1, -0.05) is 23.2 Å². The Morgan fingerprint density at radius 3 is 2.40 bits per heavy atom. The summed E-state index contributed by atoms with van der Waals surface area (Å²) in [4.78, 5) is 5.73. The van der Waals surface area contributed by atoms with Crippen LogP contribution in [0.2, 0.25) is 10.3 Å². The Kier molecular flexibility index (Phi) is 7.51. The first-order valence-electron chi connectivity index (χ1n) is 9.47. The lowest BCUT2D eigenvalue weighted by Crippen LogP contribution is -2.36. The highest BCUT2D eigenvalue weighted by atomic mass is 35.5. The minimum atomic E-state index is -4.04. The number of ether oxygens (including phenoxy) is 3. The molecule has 164 valence electrons. The number of aromatic nitrogens is 1. The average Bonchev–Trinajstić information content (AvgIpc) is 2.70. The van der Waals surface area contributed by atoms with Crippen LogP contribution >= 0.6 is 23.2 Å². The fraction of sp³-hybridized carbons (Fsp3) is 0.421. The molecule has 1 aromatic heterocycles. The maximum atomic E-state index is 12.9. The van der Waals surface area contributed by atoms with Crippen molar-refractivity contribution in [1.29, 1.82) is 0 Å². The maximum Gasteiger partial charge on any atom is 0.265 e. The summed E-state index contributed by atoms with van der Waals surface area (Å²) in [6.07, 6.45) is 0. The van der Waals surface area contributed by atoms with Gasteiger partial charge in [-0.15, -0.1) is 0 Å². The summed E-state index contributed by atoms with van der Waals surface area (Å²) in [6.45, 7) is 7.06. The van der Waals surface area contributed by atoms with Crippen molar-refractivity contribution in [2.24, 2.45) is 0 Å². The number of rotatable bonds is 8. The molecule has 2 heterocycles. The fourth-order valence-corrected chi connectivity index (χ4v) is 4.75. The Balaban J connectivity index is 2.03. The number of anilines is 2. The van der Waals surface area contributed by atoms with E-state index in [0.717, 1.165) is 5.69 Å². The number of halogens is 2. The van der Waals surface area contributed by atoms with Gasteiger partial charge in [0.05, 0.1) is 37.8 Å². The maximum absolute atomic E-state index is 12.9. The minimum Gasteiger partial charge on any atom is -0.492 e. The van der Waals surface area contributed by atoms with Crippen molar-refractivity contribution in [2.75, 3.05) is 49.1 Å². The number of pyridine rings is 1. The van der Waals surface area contributed by atoms with E-state index in [1.807, 2.05) is 13.8 Å². The molecule has 8 nitrogen and oxygen atoms in total. The lowest BCUT2D eigenvalue weighted by atomic mass is 10.2. The molecule has 1 aliphatic rings. The lowest BCUT2D eigenvalue weighted by molar-refractivity contribution is 0.122. The molecule has 1 aromatic carbocycles. The predicted molar refractivity (Wildman–Crippen MR) is 117 cm³/mol. The van der Waals surface area contributed by atoms with E-state index < -0.39 is 10.0 Å². The van der Waals surface area contributed by atoms with Crippen molar-refractivity contribution in [3.63, 3.8) is 0 Å². The molecule has 1 fully saturated rings. The van der Waals surface area contributed by atoms with Gasteiger partial charge >= 0.3 is 0 Å². The van der Waals surface area contributed by atoms with Gasteiger partial charge in [0.25, 0.3) is 10.0 Å². The predicted octanol–water partition coefficient (Wildman–Crippen LogP) is 3.82. The molecule has 0 bridgehead atoms. The fourth-order valence-electron chi connectivity index (χ4n) is 3.03. The molecule has 0 amide bonds.